The van der Waals surface area contributed by atoms with E-state index >= 15 is 0 Å². The quantitative estimate of drug-likeness (QED) is 0.286. The Kier molecular flexibility index (Phi) is 7.79. The minimum absolute atomic E-state index is 0.00681. The monoisotopic (exact) mass is 433 g/mol. The zero-order valence-electron chi connectivity index (χ0n) is 17.4. The zero-order chi connectivity index (χ0) is 22.1. The van der Waals surface area contributed by atoms with Crippen LogP contribution in [0.1, 0.15) is 23.1 Å². The highest BCUT2D eigenvalue weighted by atomic mass is 32.1. The Bertz CT molecular complexity index is 1080. The number of amides is 1. The molecule has 0 aliphatic heterocycles. The van der Waals surface area contributed by atoms with Crippen LogP contribution in [0.15, 0.2) is 59.6 Å². The molecule has 1 N–H and O–H groups in total. The number of aryl methyl sites for hydroxylation is 2. The van der Waals surface area contributed by atoms with Gasteiger partial charge < -0.3 is 9.47 Å². The number of carbonyl (C=O) groups excluding carboxylic acids is 1. The van der Waals surface area contributed by atoms with Crippen LogP contribution in [0.4, 0.5) is 5.13 Å². The molecule has 158 valence electrons. The first-order valence-corrected chi connectivity index (χ1v) is 10.7. The number of carbonyl (C=O) groups is 1. The highest BCUT2D eigenvalue weighted by molar-refractivity contribution is 7.13. The van der Waals surface area contributed by atoms with E-state index in [0.717, 1.165) is 17.7 Å². The highest BCUT2D eigenvalue weighted by Crippen LogP contribution is 2.18. The number of rotatable bonds is 9. The van der Waals surface area contributed by atoms with E-state index < -0.39 is 5.91 Å². The fourth-order valence-electron chi connectivity index (χ4n) is 2.67. The third-order valence-corrected chi connectivity index (χ3v) is 5.20. The third kappa shape index (κ3) is 6.69. The van der Waals surface area contributed by atoms with Crippen molar-refractivity contribution in [1.29, 1.82) is 5.26 Å². The maximum Gasteiger partial charge on any atom is 0.268 e. The van der Waals surface area contributed by atoms with Crippen LogP contribution in [-0.4, -0.2) is 24.1 Å². The van der Waals surface area contributed by atoms with Crippen LogP contribution in [0.25, 0.3) is 6.08 Å². The summed E-state index contributed by atoms with van der Waals surface area (Å²) in [5.74, 6) is 1.10. The molecule has 1 amide bonds. The summed E-state index contributed by atoms with van der Waals surface area (Å²) in [5, 5.41) is 14.1. The van der Waals surface area contributed by atoms with Gasteiger partial charge in [-0.05, 0) is 60.9 Å². The van der Waals surface area contributed by atoms with Crippen molar-refractivity contribution in [2.45, 2.75) is 20.3 Å². The lowest BCUT2D eigenvalue weighted by Gasteiger charge is -2.09. The van der Waals surface area contributed by atoms with Crippen LogP contribution in [0, 0.1) is 25.2 Å². The number of hydrogen-bond donors (Lipinski definition) is 1. The van der Waals surface area contributed by atoms with Crippen LogP contribution >= 0.6 is 11.3 Å². The topological polar surface area (TPSA) is 84.2 Å². The van der Waals surface area contributed by atoms with Crippen molar-refractivity contribution in [2.24, 2.45) is 0 Å². The average molecular weight is 434 g/mol. The molecule has 0 unspecified atom stereocenters. The van der Waals surface area contributed by atoms with Crippen molar-refractivity contribution in [3.63, 3.8) is 0 Å². The number of hydrogen-bond acceptors (Lipinski definition) is 6. The second-order valence-corrected chi connectivity index (χ2v) is 7.72. The van der Waals surface area contributed by atoms with Crippen LogP contribution in [0.3, 0.4) is 0 Å². The summed E-state index contributed by atoms with van der Waals surface area (Å²) in [5.41, 5.74) is 3.20. The fraction of sp³-hybridized carbons (Fsp3) is 0.208. The van der Waals surface area contributed by atoms with Crippen molar-refractivity contribution >= 4 is 28.5 Å². The smallest absolute Gasteiger partial charge is 0.268 e. The lowest BCUT2D eigenvalue weighted by molar-refractivity contribution is -0.112. The van der Waals surface area contributed by atoms with E-state index in [1.165, 1.54) is 28.5 Å². The van der Waals surface area contributed by atoms with E-state index in [4.69, 9.17) is 9.47 Å². The number of nitriles is 1. The number of ether oxygens (including phenoxy) is 2. The Morgan fingerprint density at radius 1 is 1.10 bits per heavy atom. The van der Waals surface area contributed by atoms with Gasteiger partial charge in [0.15, 0.2) is 5.13 Å². The molecule has 0 spiro atoms. The molecule has 3 aromatic rings. The molecule has 0 fully saturated rings. The Morgan fingerprint density at radius 3 is 2.45 bits per heavy atom. The van der Waals surface area contributed by atoms with Crippen molar-refractivity contribution in [1.82, 2.24) is 4.98 Å². The maximum atomic E-state index is 12.2. The van der Waals surface area contributed by atoms with Gasteiger partial charge >= 0.3 is 0 Å². The van der Waals surface area contributed by atoms with Crippen LogP contribution in [0.2, 0.25) is 0 Å². The molecule has 1 aromatic heterocycles. The van der Waals surface area contributed by atoms with E-state index in [1.54, 1.807) is 23.7 Å². The summed E-state index contributed by atoms with van der Waals surface area (Å²) in [7, 11) is 0. The number of aromatic nitrogens is 1. The van der Waals surface area contributed by atoms with E-state index in [1.807, 2.05) is 30.3 Å². The molecule has 1 heterocycles. The molecule has 31 heavy (non-hydrogen) atoms. The lowest BCUT2D eigenvalue weighted by atomic mass is 10.1. The van der Waals surface area contributed by atoms with Gasteiger partial charge in [0.25, 0.3) is 5.91 Å². The molecule has 0 aliphatic carbocycles. The van der Waals surface area contributed by atoms with Gasteiger partial charge in [0.2, 0.25) is 0 Å². The molecule has 0 bridgehead atoms. The van der Waals surface area contributed by atoms with Gasteiger partial charge in [0, 0.05) is 18.0 Å². The van der Waals surface area contributed by atoms with Crippen LogP contribution < -0.4 is 14.8 Å². The number of thiazole rings is 1. The summed E-state index contributed by atoms with van der Waals surface area (Å²) >= 11 is 1.29. The largest absolute Gasteiger partial charge is 0.493 e. The molecule has 0 saturated carbocycles. The summed E-state index contributed by atoms with van der Waals surface area (Å²) in [4.78, 5) is 16.2. The fourth-order valence-corrected chi connectivity index (χ4v) is 3.19. The second-order valence-electron chi connectivity index (χ2n) is 6.83. The first-order valence-electron chi connectivity index (χ1n) is 9.81. The number of benzene rings is 2. The minimum atomic E-state index is -0.485. The molecule has 0 saturated heterocycles. The molecule has 0 aliphatic rings. The second kappa shape index (κ2) is 11.0. The predicted octanol–water partition coefficient (Wildman–Crippen LogP) is 5.15. The lowest BCUT2D eigenvalue weighted by Crippen LogP contribution is -2.13. The van der Waals surface area contributed by atoms with E-state index in [9.17, 15) is 10.1 Å². The standard InChI is InChI=1S/C24H23N3O3S/c1-17-4-7-22(14-18(17)2)30-12-3-11-29-21-8-5-19(6-9-21)15-20(16-25)23(28)27-24-26-10-13-31-24/h4-10,13-15H,3,11-12H2,1-2H3,(H,26,27,28)/b20-15-. The van der Waals surface area contributed by atoms with Crippen molar-refractivity contribution in [2.75, 3.05) is 18.5 Å². The Morgan fingerprint density at radius 2 is 1.81 bits per heavy atom. The summed E-state index contributed by atoms with van der Waals surface area (Å²) < 4.78 is 11.5. The third-order valence-electron chi connectivity index (χ3n) is 4.51. The van der Waals surface area contributed by atoms with Crippen LogP contribution in [-0.2, 0) is 4.79 Å². The van der Waals surface area contributed by atoms with Crippen molar-refractivity contribution in [3.05, 3.63) is 76.3 Å². The number of anilines is 1. The van der Waals surface area contributed by atoms with Gasteiger partial charge in [-0.15, -0.1) is 11.3 Å². The molecular weight excluding hydrogens is 410 g/mol. The summed E-state index contributed by atoms with van der Waals surface area (Å²) in [6.07, 6.45) is 3.87. The normalized spacial score (nSPS) is 10.9. The first-order chi connectivity index (χ1) is 15.0. The molecule has 2 aromatic carbocycles. The van der Waals surface area contributed by atoms with Gasteiger partial charge in [-0.2, -0.15) is 5.26 Å². The minimum Gasteiger partial charge on any atom is -0.493 e. The van der Waals surface area contributed by atoms with Gasteiger partial charge in [-0.25, -0.2) is 4.98 Å². The molecule has 7 heteroatoms. The maximum absolute atomic E-state index is 12.2. The Balaban J connectivity index is 1.45. The van der Waals surface area contributed by atoms with Crippen molar-refractivity contribution < 1.29 is 14.3 Å². The zero-order valence-corrected chi connectivity index (χ0v) is 18.2. The van der Waals surface area contributed by atoms with Crippen LogP contribution in [0.5, 0.6) is 11.5 Å². The Labute approximate surface area is 185 Å². The van der Waals surface area contributed by atoms with E-state index in [0.29, 0.717) is 24.1 Å². The van der Waals surface area contributed by atoms with Gasteiger partial charge in [-0.1, -0.05) is 18.2 Å². The van der Waals surface area contributed by atoms with Gasteiger partial charge in [0.05, 0.1) is 13.2 Å². The Hall–Kier alpha value is -3.63. The molecule has 0 radical (unpaired) electrons. The average Bonchev–Trinajstić information content (AvgIpc) is 3.28. The SMILES string of the molecule is Cc1ccc(OCCCOc2ccc(/C=C(/C#N)C(=O)Nc3nccs3)cc2)cc1C. The molecule has 6 nitrogen and oxygen atoms in total. The number of nitrogens with one attached hydrogen (secondary N) is 1. The van der Waals surface area contributed by atoms with E-state index in [-0.39, 0.29) is 5.57 Å². The predicted molar refractivity (Wildman–Crippen MR) is 122 cm³/mol. The molecular formula is C24H23N3O3S. The van der Waals surface area contributed by atoms with Crippen molar-refractivity contribution in [3.8, 4) is 17.6 Å². The summed E-state index contributed by atoms with van der Waals surface area (Å²) in [6, 6.07) is 15.2. The van der Waals surface area contributed by atoms with E-state index in [2.05, 4.69) is 30.2 Å². The highest BCUT2D eigenvalue weighted by Gasteiger charge is 2.10. The first kappa shape index (κ1) is 22.1. The van der Waals surface area contributed by atoms with Gasteiger partial charge in [0.1, 0.15) is 23.1 Å². The molecule has 3 rings (SSSR count). The molecule has 0 atom stereocenters. The number of nitrogens with zero attached hydrogens (tertiary/aromatic N) is 2. The summed E-state index contributed by atoms with van der Waals surface area (Å²) in [6.45, 7) is 5.24. The van der Waals surface area contributed by atoms with Gasteiger partial charge in [-0.3, -0.25) is 10.1 Å².